The number of rotatable bonds is 3. The summed E-state index contributed by atoms with van der Waals surface area (Å²) in [6, 6.07) is 13.9. The van der Waals surface area contributed by atoms with Crippen molar-refractivity contribution < 1.29 is 19.0 Å². The molecule has 5 rings (SSSR count). The Morgan fingerprint density at radius 1 is 1.07 bits per heavy atom. The van der Waals surface area contributed by atoms with Crippen LogP contribution in [0.2, 0.25) is 0 Å². The molecule has 2 aliphatic heterocycles. The van der Waals surface area contributed by atoms with Gasteiger partial charge in [-0.15, -0.1) is 0 Å². The molecule has 2 aliphatic rings. The van der Waals surface area contributed by atoms with Crippen molar-refractivity contribution >= 4 is 16.8 Å². The lowest BCUT2D eigenvalue weighted by atomic mass is 9.78. The molecule has 6 nitrogen and oxygen atoms in total. The van der Waals surface area contributed by atoms with E-state index in [1.165, 1.54) is 11.1 Å². The highest BCUT2D eigenvalue weighted by atomic mass is 16.5. The van der Waals surface area contributed by atoms with Crippen LogP contribution in [-0.2, 0) is 16.8 Å². The number of ether oxygens (including phenoxy) is 3. The maximum absolute atomic E-state index is 13.2. The average molecular weight is 406 g/mol. The summed E-state index contributed by atoms with van der Waals surface area (Å²) >= 11 is 0. The van der Waals surface area contributed by atoms with Crippen molar-refractivity contribution in [2.24, 2.45) is 0 Å². The summed E-state index contributed by atoms with van der Waals surface area (Å²) in [5.41, 5.74) is 3.58. The molecule has 0 unspecified atom stereocenters. The highest BCUT2D eigenvalue weighted by Crippen LogP contribution is 2.46. The SMILES string of the molecule is COc1cccc2c1C1(CCN(C(=O)c3cc4c(OC)cccc4[nH]3)CC1)OCC2. The molecule has 0 atom stereocenters. The first-order valence-electron chi connectivity index (χ1n) is 10.4. The van der Waals surface area contributed by atoms with E-state index in [9.17, 15) is 4.79 Å². The first-order chi connectivity index (χ1) is 14.6. The van der Waals surface area contributed by atoms with Gasteiger partial charge < -0.3 is 24.1 Å². The van der Waals surface area contributed by atoms with E-state index in [4.69, 9.17) is 14.2 Å². The third-order valence-corrected chi connectivity index (χ3v) is 6.47. The fourth-order valence-electron chi connectivity index (χ4n) is 4.96. The minimum atomic E-state index is -0.374. The number of piperidine rings is 1. The number of nitrogens with zero attached hydrogens (tertiary/aromatic N) is 1. The van der Waals surface area contributed by atoms with Crippen molar-refractivity contribution in [2.45, 2.75) is 24.9 Å². The number of likely N-dealkylation sites (tertiary alicyclic amines) is 1. The molecule has 0 aliphatic carbocycles. The van der Waals surface area contributed by atoms with Gasteiger partial charge in [-0.25, -0.2) is 0 Å². The number of aromatic amines is 1. The Labute approximate surface area is 175 Å². The minimum absolute atomic E-state index is 0.0131. The highest BCUT2D eigenvalue weighted by molar-refractivity contribution is 5.99. The van der Waals surface area contributed by atoms with Crippen LogP contribution < -0.4 is 9.47 Å². The summed E-state index contributed by atoms with van der Waals surface area (Å²) in [4.78, 5) is 18.4. The zero-order valence-electron chi connectivity index (χ0n) is 17.4. The first-order valence-corrected chi connectivity index (χ1v) is 10.4. The Morgan fingerprint density at radius 3 is 2.57 bits per heavy atom. The van der Waals surface area contributed by atoms with Gasteiger partial charge in [-0.2, -0.15) is 0 Å². The number of benzene rings is 2. The number of nitrogens with one attached hydrogen (secondary N) is 1. The van der Waals surface area contributed by atoms with E-state index in [1.54, 1.807) is 14.2 Å². The predicted molar refractivity (Wildman–Crippen MR) is 114 cm³/mol. The van der Waals surface area contributed by atoms with Gasteiger partial charge in [-0.3, -0.25) is 4.79 Å². The van der Waals surface area contributed by atoms with Crippen molar-refractivity contribution in [3.8, 4) is 11.5 Å². The zero-order chi connectivity index (χ0) is 20.7. The van der Waals surface area contributed by atoms with Crippen molar-refractivity contribution in [2.75, 3.05) is 33.9 Å². The molecule has 0 bridgehead atoms. The summed E-state index contributed by atoms with van der Waals surface area (Å²) in [6.07, 6.45) is 2.42. The lowest BCUT2D eigenvalue weighted by molar-refractivity contribution is -0.0947. The van der Waals surface area contributed by atoms with Crippen LogP contribution in [0.3, 0.4) is 0 Å². The molecule has 1 spiro atoms. The second kappa shape index (κ2) is 7.36. The smallest absolute Gasteiger partial charge is 0.270 e. The molecule has 3 aromatic rings. The van der Waals surface area contributed by atoms with Crippen molar-refractivity contribution in [1.29, 1.82) is 0 Å². The molecular formula is C24H26N2O4. The number of amides is 1. The van der Waals surface area contributed by atoms with Gasteiger partial charge >= 0.3 is 0 Å². The minimum Gasteiger partial charge on any atom is -0.496 e. The molecule has 1 aromatic heterocycles. The number of H-pyrrole nitrogens is 1. The zero-order valence-corrected chi connectivity index (χ0v) is 17.4. The summed E-state index contributed by atoms with van der Waals surface area (Å²) in [6.45, 7) is 1.99. The lowest BCUT2D eigenvalue weighted by Gasteiger charge is -2.45. The molecule has 1 N–H and O–H groups in total. The van der Waals surface area contributed by atoms with Gasteiger partial charge in [0.2, 0.25) is 0 Å². The van der Waals surface area contributed by atoms with Crippen LogP contribution in [0.15, 0.2) is 42.5 Å². The number of fused-ring (bicyclic) bond motifs is 3. The van der Waals surface area contributed by atoms with E-state index < -0.39 is 0 Å². The second-order valence-corrected chi connectivity index (χ2v) is 7.98. The van der Waals surface area contributed by atoms with E-state index >= 15 is 0 Å². The van der Waals surface area contributed by atoms with Crippen LogP contribution in [0.4, 0.5) is 0 Å². The molecule has 30 heavy (non-hydrogen) atoms. The average Bonchev–Trinajstić information content (AvgIpc) is 3.23. The maximum Gasteiger partial charge on any atom is 0.270 e. The normalized spacial score (nSPS) is 17.7. The van der Waals surface area contributed by atoms with Crippen LogP contribution in [-0.4, -0.2) is 49.7 Å². The maximum atomic E-state index is 13.2. The fraction of sp³-hybridized carbons (Fsp3) is 0.375. The van der Waals surface area contributed by atoms with Crippen molar-refractivity contribution in [1.82, 2.24) is 9.88 Å². The Morgan fingerprint density at radius 2 is 1.80 bits per heavy atom. The van der Waals surface area contributed by atoms with Gasteiger partial charge in [0.05, 0.1) is 20.8 Å². The quantitative estimate of drug-likeness (QED) is 0.717. The molecule has 1 amide bonds. The molecule has 0 radical (unpaired) electrons. The summed E-state index contributed by atoms with van der Waals surface area (Å²) in [5.74, 6) is 1.66. The van der Waals surface area contributed by atoms with Crippen LogP contribution >= 0.6 is 0 Å². The van der Waals surface area contributed by atoms with Crippen LogP contribution in [0, 0.1) is 0 Å². The summed E-state index contributed by atoms with van der Waals surface area (Å²) in [7, 11) is 3.35. The Kier molecular flexibility index (Phi) is 4.66. The molecule has 156 valence electrons. The predicted octanol–water partition coefficient (Wildman–Crippen LogP) is 3.89. The molecular weight excluding hydrogens is 380 g/mol. The third-order valence-electron chi connectivity index (χ3n) is 6.47. The van der Waals surface area contributed by atoms with E-state index in [0.29, 0.717) is 25.4 Å². The second-order valence-electron chi connectivity index (χ2n) is 7.98. The summed E-state index contributed by atoms with van der Waals surface area (Å²) in [5, 5.41) is 0.922. The number of carbonyl (C=O) groups is 1. The van der Waals surface area contributed by atoms with E-state index in [1.807, 2.05) is 41.3 Å². The van der Waals surface area contributed by atoms with Gasteiger partial charge in [0.15, 0.2) is 0 Å². The Bertz CT molecular complexity index is 1080. The van der Waals surface area contributed by atoms with Gasteiger partial charge in [0, 0.05) is 29.6 Å². The fourth-order valence-corrected chi connectivity index (χ4v) is 4.96. The Balaban J connectivity index is 1.39. The molecule has 6 heteroatoms. The number of aromatic nitrogens is 1. The molecule has 1 fully saturated rings. The third kappa shape index (κ3) is 2.94. The topological polar surface area (TPSA) is 63.8 Å². The molecule has 3 heterocycles. The van der Waals surface area contributed by atoms with Crippen molar-refractivity contribution in [3.05, 3.63) is 59.3 Å². The highest BCUT2D eigenvalue weighted by Gasteiger charge is 2.43. The van der Waals surface area contributed by atoms with Gasteiger partial charge in [0.1, 0.15) is 22.8 Å². The van der Waals surface area contributed by atoms with Gasteiger partial charge in [0.25, 0.3) is 5.91 Å². The Hall–Kier alpha value is -2.99. The van der Waals surface area contributed by atoms with Crippen LogP contribution in [0.5, 0.6) is 11.5 Å². The number of carbonyl (C=O) groups excluding carboxylic acids is 1. The number of hydrogen-bond acceptors (Lipinski definition) is 4. The molecule has 1 saturated heterocycles. The monoisotopic (exact) mass is 406 g/mol. The summed E-state index contributed by atoms with van der Waals surface area (Å²) < 4.78 is 17.4. The number of hydrogen-bond donors (Lipinski definition) is 1. The van der Waals surface area contributed by atoms with Gasteiger partial charge in [-0.05, 0) is 49.1 Å². The molecule has 0 saturated carbocycles. The van der Waals surface area contributed by atoms with Crippen molar-refractivity contribution in [3.63, 3.8) is 0 Å². The van der Waals surface area contributed by atoms with Gasteiger partial charge in [-0.1, -0.05) is 18.2 Å². The number of methoxy groups -OCH3 is 2. The van der Waals surface area contributed by atoms with E-state index in [2.05, 4.69) is 11.1 Å². The van der Waals surface area contributed by atoms with Crippen LogP contribution in [0.1, 0.15) is 34.5 Å². The first kappa shape index (κ1) is 19.0. The lowest BCUT2D eigenvalue weighted by Crippen LogP contribution is -2.48. The van der Waals surface area contributed by atoms with Crippen LogP contribution in [0.25, 0.3) is 10.9 Å². The van der Waals surface area contributed by atoms with E-state index in [-0.39, 0.29) is 11.5 Å². The van der Waals surface area contributed by atoms with E-state index in [0.717, 1.165) is 41.7 Å². The standard InChI is InChI=1S/C24H26N2O4/c1-28-20-7-4-6-18-17(20)15-19(25-18)23(27)26-12-10-24(11-13-26)22-16(9-14-30-24)5-3-8-21(22)29-2/h3-8,15,25H,9-14H2,1-2H3. The molecule has 2 aromatic carbocycles. The largest absolute Gasteiger partial charge is 0.496 e.